The second-order valence-electron chi connectivity index (χ2n) is 4.92. The lowest BCUT2D eigenvalue weighted by molar-refractivity contribution is -0.0579. The molecule has 0 aromatic rings. The van der Waals surface area contributed by atoms with Gasteiger partial charge in [-0.2, -0.15) is 0 Å². The van der Waals surface area contributed by atoms with Gasteiger partial charge in [0.05, 0.1) is 6.10 Å². The largest absolute Gasteiger partial charge is 0.359 e. The third kappa shape index (κ3) is 13.6. The first-order valence-corrected chi connectivity index (χ1v) is 7.79. The lowest BCUT2D eigenvalue weighted by atomic mass is 10.1. The van der Waals surface area contributed by atoms with Crippen molar-refractivity contribution in [3.8, 4) is 0 Å². The van der Waals surface area contributed by atoms with Crippen LogP contribution in [0.4, 0.5) is 0 Å². The van der Waals surface area contributed by atoms with Gasteiger partial charge in [0.25, 0.3) is 0 Å². The molecule has 0 aromatic carbocycles. The predicted octanol–water partition coefficient (Wildman–Crippen LogP) is 5.25. The van der Waals surface area contributed by atoms with E-state index in [4.69, 9.17) is 9.47 Å². The standard InChI is InChI=1S/C17H32O2/c1-4-6-8-9-10-11-13-15-17(19-16-18-3)14-12-7-5-2/h10-11,13,15,17H,4-9,12,14,16H2,1-3H3/b11-10+,15-13-. The normalized spacial score (nSPS) is 13.6. The van der Waals surface area contributed by atoms with Crippen LogP contribution in [-0.4, -0.2) is 20.0 Å². The summed E-state index contributed by atoms with van der Waals surface area (Å²) in [7, 11) is 1.67. The Morgan fingerprint density at radius 3 is 2.37 bits per heavy atom. The van der Waals surface area contributed by atoms with Crippen LogP contribution in [0.2, 0.25) is 0 Å². The van der Waals surface area contributed by atoms with Crippen LogP contribution in [0, 0.1) is 0 Å². The summed E-state index contributed by atoms with van der Waals surface area (Å²) in [6.07, 6.45) is 18.7. The van der Waals surface area contributed by atoms with E-state index in [9.17, 15) is 0 Å². The molecule has 0 bridgehead atoms. The van der Waals surface area contributed by atoms with Gasteiger partial charge in [0.1, 0.15) is 6.79 Å². The molecule has 0 N–H and O–H groups in total. The smallest absolute Gasteiger partial charge is 0.147 e. The summed E-state index contributed by atoms with van der Waals surface area (Å²) in [5, 5.41) is 0. The first kappa shape index (κ1) is 18.4. The molecule has 0 fully saturated rings. The van der Waals surface area contributed by atoms with Crippen LogP contribution in [0.5, 0.6) is 0 Å². The highest BCUT2D eigenvalue weighted by Crippen LogP contribution is 2.08. The Kier molecular flexibility index (Phi) is 15.0. The summed E-state index contributed by atoms with van der Waals surface area (Å²) in [5.41, 5.74) is 0. The van der Waals surface area contributed by atoms with E-state index in [1.807, 2.05) is 0 Å². The molecule has 0 aromatic heterocycles. The Balaban J connectivity index is 3.85. The topological polar surface area (TPSA) is 18.5 Å². The van der Waals surface area contributed by atoms with Gasteiger partial charge in [-0.1, -0.05) is 70.3 Å². The first-order chi connectivity index (χ1) is 9.35. The fourth-order valence-corrected chi connectivity index (χ4v) is 1.86. The highest BCUT2D eigenvalue weighted by molar-refractivity contribution is 5.05. The number of methoxy groups -OCH3 is 1. The predicted molar refractivity (Wildman–Crippen MR) is 83.3 cm³/mol. The summed E-state index contributed by atoms with van der Waals surface area (Å²) < 4.78 is 10.6. The minimum atomic E-state index is 0.187. The quantitative estimate of drug-likeness (QED) is 0.258. The van der Waals surface area contributed by atoms with Crippen molar-refractivity contribution in [3.05, 3.63) is 24.3 Å². The third-order valence-corrected chi connectivity index (χ3v) is 3.04. The maximum Gasteiger partial charge on any atom is 0.147 e. The molecule has 1 atom stereocenters. The van der Waals surface area contributed by atoms with E-state index < -0.39 is 0 Å². The zero-order chi connectivity index (χ0) is 14.2. The number of rotatable bonds is 13. The van der Waals surface area contributed by atoms with Gasteiger partial charge in [-0.15, -0.1) is 0 Å². The molecule has 1 unspecified atom stereocenters. The van der Waals surface area contributed by atoms with Gasteiger partial charge >= 0.3 is 0 Å². The molecular formula is C17H32O2. The van der Waals surface area contributed by atoms with E-state index in [1.54, 1.807) is 7.11 Å². The van der Waals surface area contributed by atoms with Gasteiger partial charge < -0.3 is 9.47 Å². The molecule has 0 radical (unpaired) electrons. The summed E-state index contributed by atoms with van der Waals surface area (Å²) in [5.74, 6) is 0. The molecule has 0 amide bonds. The average molecular weight is 268 g/mol. The van der Waals surface area contributed by atoms with Crippen LogP contribution in [0.15, 0.2) is 24.3 Å². The van der Waals surface area contributed by atoms with Crippen LogP contribution in [0.1, 0.15) is 65.2 Å². The molecule has 0 heterocycles. The summed E-state index contributed by atoms with van der Waals surface area (Å²) in [4.78, 5) is 0. The van der Waals surface area contributed by atoms with Crippen molar-refractivity contribution in [2.45, 2.75) is 71.3 Å². The van der Waals surface area contributed by atoms with E-state index in [-0.39, 0.29) is 6.10 Å². The maximum atomic E-state index is 5.64. The second-order valence-corrected chi connectivity index (χ2v) is 4.92. The molecule has 112 valence electrons. The number of ether oxygens (including phenoxy) is 2. The van der Waals surface area contributed by atoms with Gasteiger partial charge in [0, 0.05) is 7.11 Å². The molecule has 19 heavy (non-hydrogen) atoms. The van der Waals surface area contributed by atoms with E-state index in [0.717, 1.165) is 6.42 Å². The van der Waals surface area contributed by atoms with Crippen LogP contribution >= 0.6 is 0 Å². The molecule has 0 aliphatic heterocycles. The number of hydrogen-bond donors (Lipinski definition) is 0. The van der Waals surface area contributed by atoms with Crippen molar-refractivity contribution in [2.75, 3.05) is 13.9 Å². The van der Waals surface area contributed by atoms with Gasteiger partial charge in [-0.3, -0.25) is 0 Å². The second kappa shape index (κ2) is 15.5. The molecule has 0 aliphatic rings. The molecule has 0 spiro atoms. The lowest BCUT2D eigenvalue weighted by Gasteiger charge is -2.12. The lowest BCUT2D eigenvalue weighted by Crippen LogP contribution is -2.11. The van der Waals surface area contributed by atoms with Crippen LogP contribution in [0.25, 0.3) is 0 Å². The Hall–Kier alpha value is -0.600. The Morgan fingerprint density at radius 2 is 1.68 bits per heavy atom. The van der Waals surface area contributed by atoms with Crippen LogP contribution < -0.4 is 0 Å². The SMILES string of the molecule is CCCCC/C=C/C=C\C(CCCCC)OCOC. The monoisotopic (exact) mass is 268 g/mol. The third-order valence-electron chi connectivity index (χ3n) is 3.04. The zero-order valence-corrected chi connectivity index (χ0v) is 13.1. The number of hydrogen-bond acceptors (Lipinski definition) is 2. The Morgan fingerprint density at radius 1 is 0.947 bits per heavy atom. The minimum absolute atomic E-state index is 0.187. The highest BCUT2D eigenvalue weighted by Gasteiger charge is 2.03. The van der Waals surface area contributed by atoms with Crippen molar-refractivity contribution in [3.63, 3.8) is 0 Å². The number of unbranched alkanes of at least 4 members (excludes halogenated alkanes) is 5. The molecule has 0 rings (SSSR count). The summed E-state index contributed by atoms with van der Waals surface area (Å²) in [6.45, 7) is 4.83. The van der Waals surface area contributed by atoms with Crippen molar-refractivity contribution in [1.82, 2.24) is 0 Å². The van der Waals surface area contributed by atoms with Gasteiger partial charge in [0.2, 0.25) is 0 Å². The van der Waals surface area contributed by atoms with E-state index in [2.05, 4.69) is 38.2 Å². The first-order valence-electron chi connectivity index (χ1n) is 7.79. The van der Waals surface area contributed by atoms with E-state index in [1.165, 1.54) is 44.9 Å². The molecule has 0 saturated carbocycles. The van der Waals surface area contributed by atoms with Gasteiger partial charge in [0.15, 0.2) is 0 Å². The Labute approximate surface area is 119 Å². The zero-order valence-electron chi connectivity index (χ0n) is 13.1. The fourth-order valence-electron chi connectivity index (χ4n) is 1.86. The van der Waals surface area contributed by atoms with Crippen molar-refractivity contribution < 1.29 is 9.47 Å². The van der Waals surface area contributed by atoms with Crippen molar-refractivity contribution >= 4 is 0 Å². The van der Waals surface area contributed by atoms with Crippen LogP contribution in [-0.2, 0) is 9.47 Å². The summed E-state index contributed by atoms with van der Waals surface area (Å²) in [6, 6.07) is 0. The number of allylic oxidation sites excluding steroid dienone is 3. The van der Waals surface area contributed by atoms with E-state index in [0.29, 0.717) is 6.79 Å². The minimum Gasteiger partial charge on any atom is -0.359 e. The Bertz CT molecular complexity index is 221. The summed E-state index contributed by atoms with van der Waals surface area (Å²) >= 11 is 0. The van der Waals surface area contributed by atoms with Gasteiger partial charge in [-0.25, -0.2) is 0 Å². The molecular weight excluding hydrogens is 236 g/mol. The van der Waals surface area contributed by atoms with Crippen molar-refractivity contribution in [2.24, 2.45) is 0 Å². The highest BCUT2D eigenvalue weighted by atomic mass is 16.7. The van der Waals surface area contributed by atoms with Crippen molar-refractivity contribution in [1.29, 1.82) is 0 Å². The fraction of sp³-hybridized carbons (Fsp3) is 0.765. The van der Waals surface area contributed by atoms with Crippen LogP contribution in [0.3, 0.4) is 0 Å². The molecule has 0 aliphatic carbocycles. The maximum absolute atomic E-state index is 5.64. The van der Waals surface area contributed by atoms with E-state index >= 15 is 0 Å². The van der Waals surface area contributed by atoms with Gasteiger partial charge in [-0.05, 0) is 19.3 Å². The molecule has 2 heteroatoms. The molecule has 0 saturated heterocycles. The molecule has 2 nitrogen and oxygen atoms in total. The average Bonchev–Trinajstić information content (AvgIpc) is 2.43.